The molecule has 0 bridgehead atoms. The van der Waals surface area contributed by atoms with Gasteiger partial charge >= 0.3 is 0 Å². The highest BCUT2D eigenvalue weighted by molar-refractivity contribution is 5.94. The second kappa shape index (κ2) is 12.4. The van der Waals surface area contributed by atoms with Gasteiger partial charge in [0.25, 0.3) is 5.91 Å². The molecule has 0 unspecified atom stereocenters. The van der Waals surface area contributed by atoms with E-state index in [-0.39, 0.29) is 5.91 Å². The zero-order chi connectivity index (χ0) is 26.3. The van der Waals surface area contributed by atoms with Crippen LogP contribution < -0.4 is 0 Å². The average molecular weight is 513 g/mol. The van der Waals surface area contributed by atoms with Crippen LogP contribution in [0.4, 0.5) is 4.39 Å². The number of benzene rings is 3. The van der Waals surface area contributed by atoms with Crippen molar-refractivity contribution in [2.45, 2.75) is 58.7 Å². The highest BCUT2D eigenvalue weighted by atomic mass is 19.1. The predicted octanol–water partition coefficient (Wildman–Crippen LogP) is 6.65. The van der Waals surface area contributed by atoms with Crippen molar-refractivity contribution in [3.8, 4) is 0 Å². The minimum Gasteiger partial charge on any atom is -0.331 e. The number of unbranched alkanes of at least 4 members (excludes halogenated alkanes) is 1. The molecule has 0 radical (unpaired) electrons. The molecule has 0 N–H and O–H groups in total. The highest BCUT2D eigenvalue weighted by Crippen LogP contribution is 2.23. The van der Waals surface area contributed by atoms with Gasteiger partial charge in [0, 0.05) is 25.2 Å². The van der Waals surface area contributed by atoms with E-state index >= 15 is 0 Å². The van der Waals surface area contributed by atoms with Crippen LogP contribution >= 0.6 is 0 Å². The van der Waals surface area contributed by atoms with E-state index in [2.05, 4.69) is 46.7 Å². The van der Waals surface area contributed by atoms with Gasteiger partial charge in [-0.15, -0.1) is 0 Å². The van der Waals surface area contributed by atoms with Crippen molar-refractivity contribution in [3.63, 3.8) is 0 Å². The van der Waals surface area contributed by atoms with E-state index in [0.29, 0.717) is 25.2 Å². The van der Waals surface area contributed by atoms with Crippen LogP contribution in [0.5, 0.6) is 0 Å². The minimum absolute atomic E-state index is 0.165. The molecular weight excluding hydrogens is 475 g/mol. The normalized spacial score (nSPS) is 14.2. The summed E-state index contributed by atoms with van der Waals surface area (Å²) in [6.45, 7) is 7.04. The third-order valence-electron chi connectivity index (χ3n) is 7.50. The molecule has 6 heteroatoms. The van der Waals surface area contributed by atoms with Gasteiger partial charge in [-0.2, -0.15) is 0 Å². The van der Waals surface area contributed by atoms with Crippen LogP contribution in [0.2, 0.25) is 0 Å². The van der Waals surface area contributed by atoms with E-state index < -0.39 is 5.82 Å². The molecule has 1 amide bonds. The summed E-state index contributed by atoms with van der Waals surface area (Å²) in [6.07, 6.45) is 5.70. The van der Waals surface area contributed by atoms with E-state index in [1.165, 1.54) is 42.5 Å². The maximum atomic E-state index is 13.9. The predicted molar refractivity (Wildman–Crippen MR) is 150 cm³/mol. The standard InChI is InChI=1S/C32H37FN4O/c1-2-3-20-36(32(38)25-14-11-15-28(33)21-25)24-31-34-29-16-7-8-17-30(29)37(31)23-27-13-6-5-12-26(27)22-35-18-9-4-10-19-35/h5-8,11-17,21H,2-4,9-10,18-20,22-24H2,1H3. The first-order chi connectivity index (χ1) is 18.6. The van der Waals surface area contributed by atoms with Gasteiger partial charge in [-0.05, 0) is 73.8 Å². The molecule has 1 aliphatic rings. The largest absolute Gasteiger partial charge is 0.331 e. The van der Waals surface area contributed by atoms with Crippen LogP contribution in [-0.2, 0) is 19.6 Å². The Morgan fingerprint density at radius 1 is 0.921 bits per heavy atom. The van der Waals surface area contributed by atoms with Crippen LogP contribution in [0, 0.1) is 5.82 Å². The van der Waals surface area contributed by atoms with Gasteiger partial charge in [0.2, 0.25) is 0 Å². The molecule has 1 saturated heterocycles. The lowest BCUT2D eigenvalue weighted by Gasteiger charge is -2.27. The van der Waals surface area contributed by atoms with E-state index in [1.807, 2.05) is 23.1 Å². The average Bonchev–Trinajstić information content (AvgIpc) is 3.29. The van der Waals surface area contributed by atoms with Crippen molar-refractivity contribution in [1.29, 1.82) is 0 Å². The number of rotatable bonds is 10. The van der Waals surface area contributed by atoms with Crippen LogP contribution in [0.1, 0.15) is 66.3 Å². The Kier molecular flexibility index (Phi) is 8.49. The van der Waals surface area contributed by atoms with Crippen molar-refractivity contribution in [2.24, 2.45) is 0 Å². The number of carbonyl (C=O) groups is 1. The minimum atomic E-state index is -0.399. The Bertz CT molecular complexity index is 1370. The van der Waals surface area contributed by atoms with E-state index in [1.54, 1.807) is 12.1 Å². The quantitative estimate of drug-likeness (QED) is 0.239. The number of nitrogens with zero attached hydrogens (tertiary/aromatic N) is 4. The van der Waals surface area contributed by atoms with Gasteiger partial charge in [0.15, 0.2) is 0 Å². The first kappa shape index (κ1) is 26.1. The molecule has 0 aliphatic carbocycles. The van der Waals surface area contributed by atoms with Crippen molar-refractivity contribution in [3.05, 3.63) is 101 Å². The molecule has 1 fully saturated rings. The number of fused-ring (bicyclic) bond motifs is 1. The molecule has 0 spiro atoms. The smallest absolute Gasteiger partial charge is 0.254 e. The molecule has 1 aliphatic heterocycles. The first-order valence-electron chi connectivity index (χ1n) is 13.9. The van der Waals surface area contributed by atoms with Gasteiger partial charge in [-0.3, -0.25) is 9.69 Å². The molecule has 1 aromatic heterocycles. The number of likely N-dealkylation sites (tertiary alicyclic amines) is 1. The summed E-state index contributed by atoms with van der Waals surface area (Å²) in [4.78, 5) is 22.8. The van der Waals surface area contributed by atoms with Crippen molar-refractivity contribution in [2.75, 3.05) is 19.6 Å². The number of para-hydroxylation sites is 2. The van der Waals surface area contributed by atoms with E-state index in [9.17, 15) is 9.18 Å². The van der Waals surface area contributed by atoms with Crippen LogP contribution in [-0.4, -0.2) is 44.9 Å². The summed E-state index contributed by atoms with van der Waals surface area (Å²) >= 11 is 0. The monoisotopic (exact) mass is 512 g/mol. The number of imidazole rings is 1. The Balaban J connectivity index is 1.47. The van der Waals surface area contributed by atoms with Crippen molar-refractivity contribution in [1.82, 2.24) is 19.4 Å². The fraction of sp³-hybridized carbons (Fsp3) is 0.375. The molecule has 38 heavy (non-hydrogen) atoms. The Hall–Kier alpha value is -3.51. The number of aromatic nitrogens is 2. The van der Waals surface area contributed by atoms with Crippen molar-refractivity contribution >= 4 is 16.9 Å². The second-order valence-corrected chi connectivity index (χ2v) is 10.3. The van der Waals surface area contributed by atoms with E-state index in [4.69, 9.17) is 4.98 Å². The lowest BCUT2D eigenvalue weighted by molar-refractivity contribution is 0.0734. The Morgan fingerprint density at radius 3 is 2.42 bits per heavy atom. The number of carbonyl (C=O) groups excluding carboxylic acids is 1. The SMILES string of the molecule is CCCCN(Cc1nc2ccccc2n1Cc1ccccc1CN1CCCCC1)C(=O)c1cccc(F)c1. The topological polar surface area (TPSA) is 41.4 Å². The number of hydrogen-bond acceptors (Lipinski definition) is 3. The Morgan fingerprint density at radius 2 is 1.66 bits per heavy atom. The van der Waals surface area contributed by atoms with Crippen LogP contribution in [0.25, 0.3) is 11.0 Å². The number of hydrogen-bond donors (Lipinski definition) is 0. The molecule has 0 atom stereocenters. The Labute approximate surface area is 224 Å². The van der Waals surface area contributed by atoms with Crippen LogP contribution in [0.15, 0.2) is 72.8 Å². The van der Waals surface area contributed by atoms with Gasteiger partial charge in [0.05, 0.1) is 17.6 Å². The lowest BCUT2D eigenvalue weighted by Crippen LogP contribution is -2.33. The van der Waals surface area contributed by atoms with Crippen LogP contribution in [0.3, 0.4) is 0 Å². The summed E-state index contributed by atoms with van der Waals surface area (Å²) < 4.78 is 16.2. The summed E-state index contributed by atoms with van der Waals surface area (Å²) in [5.74, 6) is 0.283. The number of amides is 1. The maximum Gasteiger partial charge on any atom is 0.254 e. The fourth-order valence-electron chi connectivity index (χ4n) is 5.39. The molecular formula is C32H37FN4O. The maximum absolute atomic E-state index is 13.9. The number of piperidine rings is 1. The molecule has 5 rings (SSSR count). The third kappa shape index (κ3) is 6.13. The van der Waals surface area contributed by atoms with E-state index in [0.717, 1.165) is 49.3 Å². The van der Waals surface area contributed by atoms with Gasteiger partial charge < -0.3 is 9.47 Å². The molecule has 0 saturated carbocycles. The molecule has 4 aromatic rings. The summed E-state index contributed by atoms with van der Waals surface area (Å²) in [6, 6.07) is 22.8. The summed E-state index contributed by atoms with van der Waals surface area (Å²) in [7, 11) is 0. The van der Waals surface area contributed by atoms with Gasteiger partial charge in [-0.1, -0.05) is 62.2 Å². The molecule has 3 aromatic carbocycles. The summed E-state index contributed by atoms with van der Waals surface area (Å²) in [5, 5.41) is 0. The van der Waals surface area contributed by atoms with Gasteiger partial charge in [-0.25, -0.2) is 9.37 Å². The second-order valence-electron chi connectivity index (χ2n) is 10.3. The highest BCUT2D eigenvalue weighted by Gasteiger charge is 2.21. The van der Waals surface area contributed by atoms with Gasteiger partial charge in [0.1, 0.15) is 11.6 Å². The summed E-state index contributed by atoms with van der Waals surface area (Å²) in [5.41, 5.74) is 4.97. The fourth-order valence-corrected chi connectivity index (χ4v) is 5.39. The third-order valence-corrected chi connectivity index (χ3v) is 7.50. The molecule has 2 heterocycles. The molecule has 198 valence electrons. The number of halogens is 1. The molecule has 5 nitrogen and oxygen atoms in total. The first-order valence-corrected chi connectivity index (χ1v) is 13.9. The lowest BCUT2D eigenvalue weighted by atomic mass is 10.0. The zero-order valence-corrected chi connectivity index (χ0v) is 22.3. The zero-order valence-electron chi connectivity index (χ0n) is 22.3. The van der Waals surface area contributed by atoms with Crippen molar-refractivity contribution < 1.29 is 9.18 Å².